The van der Waals surface area contributed by atoms with Crippen molar-refractivity contribution in [1.82, 2.24) is 9.88 Å². The van der Waals surface area contributed by atoms with Gasteiger partial charge in [-0.25, -0.2) is 0 Å². The van der Waals surface area contributed by atoms with E-state index in [4.69, 9.17) is 15.2 Å². The van der Waals surface area contributed by atoms with Gasteiger partial charge in [-0.1, -0.05) is 24.3 Å². The Hall–Kier alpha value is -3.74. The fourth-order valence-electron chi connectivity index (χ4n) is 4.33. The molecule has 0 saturated carbocycles. The molecular weight excluding hydrogens is 382 g/mol. The van der Waals surface area contributed by atoms with Crippen LogP contribution in [0, 0.1) is 0 Å². The second kappa shape index (κ2) is 6.95. The van der Waals surface area contributed by atoms with Crippen molar-refractivity contribution < 1.29 is 19.1 Å². The lowest BCUT2D eigenvalue weighted by Gasteiger charge is -2.36. The first-order valence-corrected chi connectivity index (χ1v) is 9.82. The molecule has 1 atom stereocenters. The number of benzene rings is 2. The number of fused-ring (bicyclic) bond motifs is 4. The minimum atomic E-state index is -0.399. The second-order valence-corrected chi connectivity index (χ2v) is 7.50. The highest BCUT2D eigenvalue weighted by Crippen LogP contribution is 2.44. The monoisotopic (exact) mass is 403 g/mol. The molecule has 3 aromatic rings. The van der Waals surface area contributed by atoms with Crippen molar-refractivity contribution >= 4 is 22.7 Å². The standard InChI is InChI=1S/C23H21N3O4/c1-29-14-6-7-16-17-11-20(27)26(23(28)21(17)22(24)30-19(16)10-14)9-8-13-12-25-18-5-3-2-4-15(13)18/h2-7,10,12,17,25H,8-9,11,24H2,1H3. The van der Waals surface area contributed by atoms with Gasteiger partial charge in [-0.3, -0.25) is 14.5 Å². The maximum Gasteiger partial charge on any atom is 0.262 e. The zero-order chi connectivity index (χ0) is 20.8. The first kappa shape index (κ1) is 18.3. The molecule has 1 fully saturated rings. The van der Waals surface area contributed by atoms with Gasteiger partial charge >= 0.3 is 0 Å². The van der Waals surface area contributed by atoms with E-state index in [0.29, 0.717) is 30.0 Å². The summed E-state index contributed by atoms with van der Waals surface area (Å²) >= 11 is 0. The van der Waals surface area contributed by atoms with Gasteiger partial charge in [0.25, 0.3) is 5.91 Å². The molecule has 3 heterocycles. The highest BCUT2D eigenvalue weighted by Gasteiger charge is 2.43. The smallest absolute Gasteiger partial charge is 0.262 e. The molecule has 30 heavy (non-hydrogen) atoms. The van der Waals surface area contributed by atoms with Crippen LogP contribution in [-0.2, 0) is 16.0 Å². The number of H-pyrrole nitrogens is 1. The maximum atomic E-state index is 13.2. The molecule has 0 radical (unpaired) electrons. The van der Waals surface area contributed by atoms with Gasteiger partial charge < -0.3 is 20.2 Å². The molecule has 1 saturated heterocycles. The predicted octanol–water partition coefficient (Wildman–Crippen LogP) is 2.82. The van der Waals surface area contributed by atoms with Gasteiger partial charge in [0.1, 0.15) is 11.5 Å². The van der Waals surface area contributed by atoms with E-state index >= 15 is 0 Å². The van der Waals surface area contributed by atoms with Crippen LogP contribution in [0.1, 0.15) is 23.5 Å². The number of hydrogen-bond acceptors (Lipinski definition) is 5. The van der Waals surface area contributed by atoms with Gasteiger partial charge in [-0.2, -0.15) is 0 Å². The number of nitrogens with zero attached hydrogens (tertiary/aromatic N) is 1. The van der Waals surface area contributed by atoms with Crippen molar-refractivity contribution in [3.8, 4) is 11.5 Å². The van der Waals surface area contributed by atoms with Gasteiger partial charge in [0, 0.05) is 47.6 Å². The Labute approximate surface area is 173 Å². The Morgan fingerprint density at radius 2 is 2.07 bits per heavy atom. The molecule has 2 aliphatic heterocycles. The van der Waals surface area contributed by atoms with Gasteiger partial charge in [0.15, 0.2) is 5.88 Å². The molecule has 5 rings (SSSR count). The average molecular weight is 403 g/mol. The van der Waals surface area contributed by atoms with Crippen LogP contribution < -0.4 is 15.2 Å². The third-order valence-corrected chi connectivity index (χ3v) is 5.87. The number of carbonyl (C=O) groups is 2. The summed E-state index contributed by atoms with van der Waals surface area (Å²) in [4.78, 5) is 30.6. The number of methoxy groups -OCH3 is 1. The van der Waals surface area contributed by atoms with E-state index in [2.05, 4.69) is 4.98 Å². The number of amides is 2. The summed E-state index contributed by atoms with van der Waals surface area (Å²) in [6.45, 7) is 0.290. The summed E-state index contributed by atoms with van der Waals surface area (Å²) in [7, 11) is 1.56. The van der Waals surface area contributed by atoms with E-state index in [1.807, 2.05) is 36.5 Å². The number of aromatic amines is 1. The summed E-state index contributed by atoms with van der Waals surface area (Å²) < 4.78 is 10.9. The van der Waals surface area contributed by atoms with E-state index in [1.54, 1.807) is 19.2 Å². The minimum Gasteiger partial charge on any atom is -0.497 e. The number of piperidine rings is 1. The van der Waals surface area contributed by atoms with E-state index in [0.717, 1.165) is 22.0 Å². The fourth-order valence-corrected chi connectivity index (χ4v) is 4.33. The van der Waals surface area contributed by atoms with Crippen LogP contribution in [0.25, 0.3) is 10.9 Å². The molecule has 2 aliphatic rings. The molecule has 0 bridgehead atoms. The third-order valence-electron chi connectivity index (χ3n) is 5.87. The van der Waals surface area contributed by atoms with E-state index in [1.165, 1.54) is 4.90 Å². The number of nitrogens with one attached hydrogen (secondary N) is 1. The van der Waals surface area contributed by atoms with Crippen molar-refractivity contribution in [2.75, 3.05) is 13.7 Å². The highest BCUT2D eigenvalue weighted by molar-refractivity contribution is 6.09. The Kier molecular flexibility index (Phi) is 4.24. The van der Waals surface area contributed by atoms with Crippen molar-refractivity contribution in [3.05, 3.63) is 71.2 Å². The number of ether oxygens (including phenoxy) is 2. The van der Waals surface area contributed by atoms with Gasteiger partial charge in [-0.05, 0) is 24.1 Å². The second-order valence-electron chi connectivity index (χ2n) is 7.50. The number of hydrogen-bond donors (Lipinski definition) is 2. The summed E-state index contributed by atoms with van der Waals surface area (Å²) in [5.41, 5.74) is 9.33. The van der Waals surface area contributed by atoms with Crippen LogP contribution in [-0.4, -0.2) is 35.4 Å². The lowest BCUT2D eigenvalue weighted by molar-refractivity contribution is -0.145. The minimum absolute atomic E-state index is 0.0512. The van der Waals surface area contributed by atoms with Crippen LogP contribution in [0.2, 0.25) is 0 Å². The highest BCUT2D eigenvalue weighted by atomic mass is 16.5. The molecule has 2 amide bonds. The van der Waals surface area contributed by atoms with Crippen LogP contribution >= 0.6 is 0 Å². The summed E-state index contributed by atoms with van der Waals surface area (Å²) in [6.07, 6.45) is 2.67. The molecule has 7 nitrogen and oxygen atoms in total. The predicted molar refractivity (Wildman–Crippen MR) is 111 cm³/mol. The Morgan fingerprint density at radius 3 is 2.90 bits per heavy atom. The molecule has 152 valence electrons. The number of imide groups is 1. The Balaban J connectivity index is 1.41. The molecule has 3 N–H and O–H groups in total. The topological polar surface area (TPSA) is 97.7 Å². The van der Waals surface area contributed by atoms with Crippen molar-refractivity contribution in [2.24, 2.45) is 5.73 Å². The van der Waals surface area contributed by atoms with Crippen LogP contribution in [0.5, 0.6) is 11.5 Å². The largest absolute Gasteiger partial charge is 0.497 e. The summed E-state index contributed by atoms with van der Waals surface area (Å²) in [6, 6.07) is 13.3. The van der Waals surface area contributed by atoms with E-state index < -0.39 is 5.92 Å². The molecular formula is C23H21N3O4. The molecule has 2 aromatic carbocycles. The van der Waals surface area contributed by atoms with Crippen LogP contribution in [0.4, 0.5) is 0 Å². The Morgan fingerprint density at radius 1 is 1.23 bits per heavy atom. The van der Waals surface area contributed by atoms with Crippen LogP contribution in [0.15, 0.2) is 60.1 Å². The Bertz CT molecular complexity index is 1210. The fraction of sp³-hybridized carbons (Fsp3) is 0.217. The number of carbonyl (C=O) groups excluding carboxylic acids is 2. The first-order chi connectivity index (χ1) is 14.6. The van der Waals surface area contributed by atoms with Gasteiger partial charge in [0.2, 0.25) is 5.91 Å². The molecule has 1 unspecified atom stereocenters. The molecule has 0 aliphatic carbocycles. The zero-order valence-electron chi connectivity index (χ0n) is 16.5. The van der Waals surface area contributed by atoms with Crippen molar-refractivity contribution in [2.45, 2.75) is 18.8 Å². The molecule has 1 aromatic heterocycles. The maximum absolute atomic E-state index is 13.2. The van der Waals surface area contributed by atoms with E-state index in [9.17, 15) is 9.59 Å². The summed E-state index contributed by atoms with van der Waals surface area (Å²) in [5, 5.41) is 1.09. The quantitative estimate of drug-likeness (QED) is 0.653. The van der Waals surface area contributed by atoms with Crippen LogP contribution in [0.3, 0.4) is 0 Å². The SMILES string of the molecule is COc1ccc2c(c1)OC(N)=C1C(=O)N(CCc3c[nH]c4ccccc34)C(=O)CC12. The number of likely N-dealkylation sites (tertiary alicyclic amines) is 1. The van der Waals surface area contributed by atoms with Gasteiger partial charge in [-0.15, -0.1) is 0 Å². The normalized spacial score (nSPS) is 18.3. The number of para-hydroxylation sites is 1. The lowest BCUT2D eigenvalue weighted by atomic mass is 9.82. The van der Waals surface area contributed by atoms with E-state index in [-0.39, 0.29) is 24.1 Å². The van der Waals surface area contributed by atoms with Crippen molar-refractivity contribution in [1.29, 1.82) is 0 Å². The first-order valence-electron chi connectivity index (χ1n) is 9.82. The molecule has 7 heteroatoms. The molecule has 0 spiro atoms. The number of aromatic nitrogens is 1. The average Bonchev–Trinajstić information content (AvgIpc) is 3.16. The van der Waals surface area contributed by atoms with Gasteiger partial charge in [0.05, 0.1) is 12.7 Å². The number of nitrogens with two attached hydrogens (primary N) is 1. The third kappa shape index (κ3) is 2.82. The van der Waals surface area contributed by atoms with Crippen molar-refractivity contribution in [3.63, 3.8) is 0 Å². The summed E-state index contributed by atoms with van der Waals surface area (Å²) in [5.74, 6) is 0.215. The lowest BCUT2D eigenvalue weighted by Crippen LogP contribution is -2.47. The number of rotatable bonds is 4. The zero-order valence-corrected chi connectivity index (χ0v) is 16.5.